The second kappa shape index (κ2) is 4.79. The number of benzene rings is 1. The Morgan fingerprint density at radius 1 is 1.19 bits per heavy atom. The zero-order valence-electron chi connectivity index (χ0n) is 8.93. The lowest BCUT2D eigenvalue weighted by Crippen LogP contribution is -2.41. The molecule has 0 N–H and O–H groups in total. The summed E-state index contributed by atoms with van der Waals surface area (Å²) < 4.78 is 0. The summed E-state index contributed by atoms with van der Waals surface area (Å²) in [6, 6.07) is 8.58. The fourth-order valence-electron chi connectivity index (χ4n) is 1.83. The Kier molecular flexibility index (Phi) is 3.19. The molecule has 1 heterocycles. The van der Waals surface area contributed by atoms with Crippen molar-refractivity contribution in [2.75, 3.05) is 18.0 Å². The Bertz CT molecular complexity index is 372. The van der Waals surface area contributed by atoms with Crippen LogP contribution in [0.15, 0.2) is 30.3 Å². The third kappa shape index (κ3) is 2.05. The molecule has 4 heteroatoms. The highest BCUT2D eigenvalue weighted by Gasteiger charge is 2.24. The first-order valence-corrected chi connectivity index (χ1v) is 5.35. The Balaban J connectivity index is 2.16. The van der Waals surface area contributed by atoms with Crippen LogP contribution >= 0.6 is 0 Å². The molecule has 16 heavy (non-hydrogen) atoms. The van der Waals surface area contributed by atoms with Crippen molar-refractivity contribution < 1.29 is 9.59 Å². The van der Waals surface area contributed by atoms with E-state index in [4.69, 9.17) is 0 Å². The van der Waals surface area contributed by atoms with Crippen LogP contribution in [0.3, 0.4) is 0 Å². The quantitative estimate of drug-likeness (QED) is 0.708. The van der Waals surface area contributed by atoms with Crippen molar-refractivity contribution in [3.8, 4) is 0 Å². The molecular formula is C12H13N2O2. The second-order valence-electron chi connectivity index (χ2n) is 3.74. The predicted molar refractivity (Wildman–Crippen MR) is 60.8 cm³/mol. The number of likely N-dealkylation sites (tertiary alicyclic amines) is 1. The number of imide groups is 1. The average molecular weight is 217 g/mol. The first kappa shape index (κ1) is 10.7. The maximum absolute atomic E-state index is 12.0. The molecule has 1 aromatic carbocycles. The van der Waals surface area contributed by atoms with Crippen molar-refractivity contribution in [2.45, 2.75) is 12.8 Å². The van der Waals surface area contributed by atoms with Gasteiger partial charge in [-0.1, -0.05) is 18.2 Å². The number of para-hydroxylation sites is 1. The highest BCUT2D eigenvalue weighted by molar-refractivity contribution is 6.06. The highest BCUT2D eigenvalue weighted by atomic mass is 16.2. The maximum atomic E-state index is 12.0. The molecule has 0 aliphatic carbocycles. The number of hydrogen-bond acceptors (Lipinski definition) is 2. The average Bonchev–Trinajstić information content (AvgIpc) is 2.85. The zero-order chi connectivity index (χ0) is 11.4. The number of carbonyl (C=O) groups excluding carboxylic acids is 2. The van der Waals surface area contributed by atoms with Gasteiger partial charge in [-0.05, 0) is 25.0 Å². The minimum atomic E-state index is -0.279. The van der Waals surface area contributed by atoms with Gasteiger partial charge in [0.25, 0.3) is 0 Å². The summed E-state index contributed by atoms with van der Waals surface area (Å²) in [5.74, 6) is 0. The van der Waals surface area contributed by atoms with Crippen LogP contribution in [-0.4, -0.2) is 30.4 Å². The van der Waals surface area contributed by atoms with Crippen LogP contribution in [0, 0.1) is 0 Å². The highest BCUT2D eigenvalue weighted by Crippen LogP contribution is 2.16. The molecule has 0 atom stereocenters. The van der Waals surface area contributed by atoms with E-state index in [1.54, 1.807) is 35.6 Å². The van der Waals surface area contributed by atoms with E-state index in [9.17, 15) is 9.59 Å². The SMILES string of the molecule is O=[C]N(C(=O)N1CCCC1)c1ccccc1. The second-order valence-corrected chi connectivity index (χ2v) is 3.74. The molecule has 83 valence electrons. The van der Waals surface area contributed by atoms with Gasteiger partial charge >= 0.3 is 12.4 Å². The van der Waals surface area contributed by atoms with Crippen LogP contribution in [0.25, 0.3) is 0 Å². The smallest absolute Gasteiger partial charge is 0.324 e. The van der Waals surface area contributed by atoms with Crippen LogP contribution in [-0.2, 0) is 4.79 Å². The van der Waals surface area contributed by atoms with Crippen molar-refractivity contribution in [1.29, 1.82) is 0 Å². The lowest BCUT2D eigenvalue weighted by Gasteiger charge is -2.22. The summed E-state index contributed by atoms with van der Waals surface area (Å²) in [5, 5.41) is 0. The first-order chi connectivity index (χ1) is 7.83. The summed E-state index contributed by atoms with van der Waals surface area (Å²) in [5.41, 5.74) is 0.564. The van der Waals surface area contributed by atoms with E-state index in [1.165, 1.54) is 0 Å². The number of urea groups is 1. The Hall–Kier alpha value is -1.84. The molecule has 0 spiro atoms. The van der Waals surface area contributed by atoms with E-state index in [-0.39, 0.29) is 6.03 Å². The first-order valence-electron chi connectivity index (χ1n) is 5.35. The van der Waals surface area contributed by atoms with Gasteiger partial charge in [0.2, 0.25) is 0 Å². The fourth-order valence-corrected chi connectivity index (χ4v) is 1.83. The molecule has 1 aliphatic rings. The van der Waals surface area contributed by atoms with E-state index < -0.39 is 0 Å². The Morgan fingerprint density at radius 3 is 2.38 bits per heavy atom. The normalized spacial score (nSPS) is 14.9. The molecule has 1 fully saturated rings. The standard InChI is InChI=1S/C12H13N2O2/c15-10-14(11-6-2-1-3-7-11)12(16)13-8-4-5-9-13/h1-3,6-7H,4-5,8-9H2. The van der Waals surface area contributed by atoms with Gasteiger partial charge in [-0.25, -0.2) is 9.69 Å². The number of rotatable bonds is 2. The molecule has 0 unspecified atom stereocenters. The van der Waals surface area contributed by atoms with Crippen LogP contribution in [0.5, 0.6) is 0 Å². The van der Waals surface area contributed by atoms with E-state index in [0.717, 1.165) is 30.8 Å². The molecule has 1 aliphatic heterocycles. The topological polar surface area (TPSA) is 40.6 Å². The molecule has 1 aromatic rings. The van der Waals surface area contributed by atoms with Gasteiger partial charge < -0.3 is 4.90 Å². The van der Waals surface area contributed by atoms with Crippen molar-refractivity contribution >= 4 is 18.1 Å². The molecule has 0 saturated carbocycles. The number of nitrogens with zero attached hydrogens (tertiary/aromatic N) is 2. The minimum Gasteiger partial charge on any atom is -0.324 e. The van der Waals surface area contributed by atoms with Crippen molar-refractivity contribution in [2.24, 2.45) is 0 Å². The number of hydrogen-bond donors (Lipinski definition) is 0. The fraction of sp³-hybridized carbons (Fsp3) is 0.333. The summed E-state index contributed by atoms with van der Waals surface area (Å²) in [4.78, 5) is 25.5. The van der Waals surface area contributed by atoms with Crippen LogP contribution in [0.2, 0.25) is 0 Å². The summed E-state index contributed by atoms with van der Waals surface area (Å²) in [6.07, 6.45) is 3.70. The monoisotopic (exact) mass is 217 g/mol. The van der Waals surface area contributed by atoms with Crippen LogP contribution in [0.1, 0.15) is 12.8 Å². The molecule has 1 saturated heterocycles. The van der Waals surface area contributed by atoms with E-state index in [1.807, 2.05) is 6.07 Å². The van der Waals surface area contributed by atoms with E-state index in [2.05, 4.69) is 0 Å². The van der Waals surface area contributed by atoms with Gasteiger partial charge in [0.15, 0.2) is 0 Å². The molecule has 3 amide bonds. The number of amides is 3. The lowest BCUT2D eigenvalue weighted by molar-refractivity contribution is 0.218. The molecule has 0 bridgehead atoms. The maximum Gasteiger partial charge on any atom is 0.331 e. The molecule has 4 nitrogen and oxygen atoms in total. The molecule has 0 aromatic heterocycles. The molecule has 1 radical (unpaired) electrons. The van der Waals surface area contributed by atoms with Crippen LogP contribution in [0.4, 0.5) is 10.5 Å². The van der Waals surface area contributed by atoms with E-state index >= 15 is 0 Å². The van der Waals surface area contributed by atoms with E-state index in [0.29, 0.717) is 5.69 Å². The van der Waals surface area contributed by atoms with Gasteiger partial charge in [0.05, 0.1) is 5.69 Å². The van der Waals surface area contributed by atoms with Gasteiger partial charge in [0.1, 0.15) is 0 Å². The molecular weight excluding hydrogens is 204 g/mol. The van der Waals surface area contributed by atoms with Gasteiger partial charge in [-0.15, -0.1) is 0 Å². The van der Waals surface area contributed by atoms with Crippen LogP contribution < -0.4 is 4.90 Å². The van der Waals surface area contributed by atoms with Gasteiger partial charge in [-0.2, -0.15) is 0 Å². The summed E-state index contributed by atoms with van der Waals surface area (Å²) in [7, 11) is 0. The van der Waals surface area contributed by atoms with Crippen molar-refractivity contribution in [3.05, 3.63) is 30.3 Å². The van der Waals surface area contributed by atoms with Crippen molar-refractivity contribution in [1.82, 2.24) is 4.90 Å². The third-order valence-corrected chi connectivity index (χ3v) is 2.67. The predicted octanol–water partition coefficient (Wildman–Crippen LogP) is 1.78. The lowest BCUT2D eigenvalue weighted by atomic mass is 10.3. The third-order valence-electron chi connectivity index (χ3n) is 2.67. The minimum absolute atomic E-state index is 0.279. The largest absolute Gasteiger partial charge is 0.331 e. The molecule has 2 rings (SSSR count). The Labute approximate surface area is 94.5 Å². The number of anilines is 1. The number of carbonyl (C=O) groups is 1. The Morgan fingerprint density at radius 2 is 1.81 bits per heavy atom. The van der Waals surface area contributed by atoms with Crippen molar-refractivity contribution in [3.63, 3.8) is 0 Å². The zero-order valence-corrected chi connectivity index (χ0v) is 8.93. The van der Waals surface area contributed by atoms with Gasteiger partial charge in [-0.3, -0.25) is 4.79 Å². The van der Waals surface area contributed by atoms with Gasteiger partial charge in [0, 0.05) is 13.1 Å². The summed E-state index contributed by atoms with van der Waals surface area (Å²) in [6.45, 7) is 1.45. The summed E-state index contributed by atoms with van der Waals surface area (Å²) >= 11 is 0.